The molecule has 0 radical (unpaired) electrons. The molecule has 3 aromatic carbocycles. The van der Waals surface area contributed by atoms with E-state index in [9.17, 15) is 13.2 Å². The van der Waals surface area contributed by atoms with Gasteiger partial charge >= 0.3 is 0 Å². The molecule has 6 rings (SSSR count). The van der Waals surface area contributed by atoms with Crippen molar-refractivity contribution in [3.05, 3.63) is 101 Å². The van der Waals surface area contributed by atoms with Crippen LogP contribution in [0.1, 0.15) is 50.9 Å². The summed E-state index contributed by atoms with van der Waals surface area (Å²) in [5.41, 5.74) is 5.78. The first-order chi connectivity index (χ1) is 16.0. The van der Waals surface area contributed by atoms with E-state index in [-0.39, 0.29) is 29.2 Å². The van der Waals surface area contributed by atoms with E-state index >= 15 is 0 Å². The summed E-state index contributed by atoms with van der Waals surface area (Å²) in [5.74, 6) is 2.80. The number of nitrogens with one attached hydrogen (secondary N) is 2. The van der Waals surface area contributed by atoms with Crippen LogP contribution in [0.4, 0.5) is 0 Å². The average molecular weight is 457 g/mol. The number of hydrogen-bond acceptors (Lipinski definition) is 3. The van der Waals surface area contributed by atoms with E-state index in [1.165, 1.54) is 34.4 Å². The zero-order chi connectivity index (χ0) is 23.0. The molecule has 0 spiro atoms. The lowest BCUT2D eigenvalue weighted by molar-refractivity contribution is 0.0942. The maximum atomic E-state index is 12.9. The predicted molar refractivity (Wildman–Crippen MR) is 127 cm³/mol. The van der Waals surface area contributed by atoms with Gasteiger partial charge in [-0.25, -0.2) is 8.42 Å². The minimum atomic E-state index is -3.76. The summed E-state index contributed by atoms with van der Waals surface area (Å²) in [7, 11) is -3.76. The minimum Gasteiger partial charge on any atom is -0.352 e. The highest BCUT2D eigenvalue weighted by Gasteiger charge is 2.42. The summed E-state index contributed by atoms with van der Waals surface area (Å²) < 4.78 is 27.0. The maximum absolute atomic E-state index is 12.9. The molecule has 6 heteroatoms. The van der Waals surface area contributed by atoms with Gasteiger partial charge in [-0.3, -0.25) is 4.79 Å². The molecule has 2 N–H and O–H groups in total. The summed E-state index contributed by atoms with van der Waals surface area (Å²) in [6.45, 7) is 0.418. The molecule has 0 fully saturated rings. The van der Waals surface area contributed by atoms with Crippen molar-refractivity contribution in [1.29, 1.82) is 0 Å². The summed E-state index contributed by atoms with van der Waals surface area (Å²) in [5, 5.41) is 3.05. The SMILES string of the molecule is C#CCNS(=O)(=O)c1cccc(C(=O)NCC2CC3c4ccccc4C2c2ccccc23)c1. The molecule has 3 aromatic rings. The molecule has 1 unspecified atom stereocenters. The molecule has 1 amide bonds. The van der Waals surface area contributed by atoms with Crippen molar-refractivity contribution in [2.45, 2.75) is 23.2 Å². The summed E-state index contributed by atoms with van der Waals surface area (Å²) >= 11 is 0. The zero-order valence-electron chi connectivity index (χ0n) is 18.0. The molecule has 33 heavy (non-hydrogen) atoms. The average Bonchev–Trinajstić information content (AvgIpc) is 2.86. The van der Waals surface area contributed by atoms with Crippen LogP contribution in [0, 0.1) is 18.3 Å². The van der Waals surface area contributed by atoms with Gasteiger partial charge in [0.15, 0.2) is 0 Å². The molecule has 0 aliphatic heterocycles. The van der Waals surface area contributed by atoms with Crippen LogP contribution < -0.4 is 10.0 Å². The number of amides is 1. The maximum Gasteiger partial charge on any atom is 0.251 e. The van der Waals surface area contributed by atoms with E-state index < -0.39 is 10.0 Å². The topological polar surface area (TPSA) is 75.3 Å². The summed E-state index contributed by atoms with van der Waals surface area (Å²) in [4.78, 5) is 12.9. The Balaban J connectivity index is 1.36. The number of hydrogen-bond donors (Lipinski definition) is 2. The predicted octanol–water partition coefficient (Wildman–Crippen LogP) is 3.63. The first kappa shape index (κ1) is 21.4. The Morgan fingerprint density at radius 1 is 0.939 bits per heavy atom. The van der Waals surface area contributed by atoms with Gasteiger partial charge in [-0.15, -0.1) is 6.42 Å². The smallest absolute Gasteiger partial charge is 0.251 e. The van der Waals surface area contributed by atoms with E-state index in [1.54, 1.807) is 12.1 Å². The van der Waals surface area contributed by atoms with Crippen molar-refractivity contribution in [2.24, 2.45) is 5.92 Å². The third kappa shape index (κ3) is 3.84. The lowest BCUT2D eigenvalue weighted by Gasteiger charge is -2.45. The van der Waals surface area contributed by atoms with Crippen LogP contribution in [0.3, 0.4) is 0 Å². The molecular formula is C27H24N2O3S. The van der Waals surface area contributed by atoms with Crippen LogP contribution >= 0.6 is 0 Å². The van der Waals surface area contributed by atoms with Gasteiger partial charge in [-0.05, 0) is 52.8 Å². The van der Waals surface area contributed by atoms with Gasteiger partial charge in [-0.2, -0.15) is 4.72 Å². The van der Waals surface area contributed by atoms with Crippen LogP contribution in [-0.2, 0) is 10.0 Å². The molecule has 0 aromatic heterocycles. The number of benzene rings is 3. The van der Waals surface area contributed by atoms with Crippen molar-refractivity contribution in [1.82, 2.24) is 10.0 Å². The third-order valence-corrected chi connectivity index (χ3v) is 8.12. The van der Waals surface area contributed by atoms with Crippen LogP contribution in [0.15, 0.2) is 77.7 Å². The lowest BCUT2D eigenvalue weighted by Crippen LogP contribution is -2.39. The summed E-state index contributed by atoms with van der Waals surface area (Å²) in [6.07, 6.45) is 6.12. The normalized spacial score (nSPS) is 20.4. The van der Waals surface area contributed by atoms with Crippen molar-refractivity contribution >= 4 is 15.9 Å². The van der Waals surface area contributed by atoms with E-state index in [2.05, 4.69) is 64.5 Å². The fraction of sp³-hybridized carbons (Fsp3) is 0.222. The van der Waals surface area contributed by atoms with Gasteiger partial charge in [0.1, 0.15) is 0 Å². The van der Waals surface area contributed by atoms with Crippen molar-refractivity contribution in [3.8, 4) is 12.3 Å². The summed E-state index contributed by atoms with van der Waals surface area (Å²) in [6, 6.07) is 23.2. The largest absolute Gasteiger partial charge is 0.352 e. The minimum absolute atomic E-state index is 0.0185. The lowest BCUT2D eigenvalue weighted by atomic mass is 9.59. The highest BCUT2D eigenvalue weighted by atomic mass is 32.2. The fourth-order valence-corrected chi connectivity index (χ4v) is 6.29. The van der Waals surface area contributed by atoms with Crippen LogP contribution in [0.5, 0.6) is 0 Å². The Labute approximate surface area is 194 Å². The standard InChI is InChI=1S/C27H24N2O3S/c1-2-14-29-33(31,32)20-9-7-8-18(15-20)27(30)28-17-19-16-25-21-10-3-5-12-23(21)26(19)24-13-6-4-11-22(24)25/h1,3-13,15,19,25-26,29H,14,16-17H2,(H,28,30). The van der Waals surface area contributed by atoms with Crippen LogP contribution in [0.2, 0.25) is 0 Å². The molecule has 2 bridgehead atoms. The molecule has 5 nitrogen and oxygen atoms in total. The van der Waals surface area contributed by atoms with Crippen molar-refractivity contribution in [2.75, 3.05) is 13.1 Å². The Bertz CT molecular complexity index is 1330. The molecule has 166 valence electrons. The molecule has 3 aliphatic rings. The van der Waals surface area contributed by atoms with E-state index in [0.717, 1.165) is 6.42 Å². The Kier molecular flexibility index (Phi) is 5.53. The first-order valence-electron chi connectivity index (χ1n) is 11.0. The second-order valence-electron chi connectivity index (χ2n) is 8.55. The second kappa shape index (κ2) is 8.51. The van der Waals surface area contributed by atoms with Crippen molar-refractivity contribution in [3.63, 3.8) is 0 Å². The Hall–Kier alpha value is -3.40. The van der Waals surface area contributed by atoms with E-state index in [4.69, 9.17) is 6.42 Å². The number of fused-ring (bicyclic) bond motifs is 1. The second-order valence-corrected chi connectivity index (χ2v) is 10.3. The highest BCUT2D eigenvalue weighted by Crippen LogP contribution is 2.55. The van der Waals surface area contributed by atoms with Gasteiger partial charge in [0.2, 0.25) is 10.0 Å². The fourth-order valence-electron chi connectivity index (χ4n) is 5.31. The molecular weight excluding hydrogens is 432 g/mol. The van der Waals surface area contributed by atoms with Gasteiger partial charge in [-0.1, -0.05) is 60.5 Å². The van der Waals surface area contributed by atoms with Crippen molar-refractivity contribution < 1.29 is 13.2 Å². The number of carbonyl (C=O) groups is 1. The quantitative estimate of drug-likeness (QED) is 0.557. The van der Waals surface area contributed by atoms with Gasteiger partial charge in [0.05, 0.1) is 11.4 Å². The first-order valence-corrected chi connectivity index (χ1v) is 12.5. The zero-order valence-corrected chi connectivity index (χ0v) is 18.8. The van der Waals surface area contributed by atoms with Crippen LogP contribution in [0.25, 0.3) is 0 Å². The number of terminal acetylenes is 1. The van der Waals surface area contributed by atoms with Gasteiger partial charge in [0, 0.05) is 23.9 Å². The van der Waals surface area contributed by atoms with Gasteiger partial charge in [0.25, 0.3) is 5.91 Å². The Morgan fingerprint density at radius 3 is 2.21 bits per heavy atom. The molecule has 3 aliphatic carbocycles. The third-order valence-electron chi connectivity index (χ3n) is 6.72. The number of carbonyl (C=O) groups excluding carboxylic acids is 1. The molecule has 0 heterocycles. The number of sulfonamides is 1. The van der Waals surface area contributed by atoms with E-state index in [1.807, 2.05) is 0 Å². The molecule has 0 saturated heterocycles. The molecule has 1 atom stereocenters. The number of rotatable bonds is 6. The Morgan fingerprint density at radius 2 is 1.58 bits per heavy atom. The van der Waals surface area contributed by atoms with E-state index in [0.29, 0.717) is 18.0 Å². The monoisotopic (exact) mass is 456 g/mol. The highest BCUT2D eigenvalue weighted by molar-refractivity contribution is 7.89. The van der Waals surface area contributed by atoms with Crippen LogP contribution in [-0.4, -0.2) is 27.4 Å². The van der Waals surface area contributed by atoms with Gasteiger partial charge < -0.3 is 5.32 Å². The molecule has 0 saturated carbocycles.